The highest BCUT2D eigenvalue weighted by molar-refractivity contribution is 5.94. The van der Waals surface area contributed by atoms with Gasteiger partial charge in [-0.05, 0) is 36.8 Å². The summed E-state index contributed by atoms with van der Waals surface area (Å²) in [5, 5.41) is 6.22. The van der Waals surface area contributed by atoms with Crippen LogP contribution in [-0.4, -0.2) is 22.7 Å². The van der Waals surface area contributed by atoms with Crippen molar-refractivity contribution >= 4 is 5.91 Å². The maximum Gasteiger partial charge on any atom is 0.277 e. The van der Waals surface area contributed by atoms with Gasteiger partial charge in [0, 0.05) is 5.56 Å². The summed E-state index contributed by atoms with van der Waals surface area (Å²) in [5.74, 6) is 5.15. The lowest BCUT2D eigenvalue weighted by atomic mass is 10.1. The standard InChI is InChI=1S/C15H18N4O3/c1-2-3-8-22-11-6-4-10(5-7-11)13-9-12(14(20)17-16)15(21)19-18-13/h4-7,9H,2-3,8,16H2,1H3,(H,17,20)(H,19,21). The van der Waals surface area contributed by atoms with Gasteiger partial charge >= 0.3 is 0 Å². The first-order valence-corrected chi connectivity index (χ1v) is 6.99. The molecule has 0 aliphatic carbocycles. The van der Waals surface area contributed by atoms with Crippen molar-refractivity contribution in [2.24, 2.45) is 5.84 Å². The number of ether oxygens (including phenoxy) is 1. The molecule has 0 radical (unpaired) electrons. The number of hydrogen-bond acceptors (Lipinski definition) is 5. The van der Waals surface area contributed by atoms with Crippen LogP contribution in [0.1, 0.15) is 30.1 Å². The molecule has 0 aliphatic heterocycles. The van der Waals surface area contributed by atoms with E-state index in [0.29, 0.717) is 12.3 Å². The number of nitrogens with zero attached hydrogens (tertiary/aromatic N) is 1. The van der Waals surface area contributed by atoms with E-state index in [1.165, 1.54) is 6.07 Å². The van der Waals surface area contributed by atoms with Crippen LogP contribution >= 0.6 is 0 Å². The minimum atomic E-state index is -0.663. The molecule has 0 saturated heterocycles. The van der Waals surface area contributed by atoms with E-state index in [4.69, 9.17) is 10.6 Å². The van der Waals surface area contributed by atoms with Crippen LogP contribution in [0, 0.1) is 0 Å². The zero-order valence-electron chi connectivity index (χ0n) is 12.3. The van der Waals surface area contributed by atoms with E-state index < -0.39 is 11.5 Å². The smallest absolute Gasteiger partial charge is 0.277 e. The van der Waals surface area contributed by atoms with Crippen LogP contribution in [0.25, 0.3) is 11.3 Å². The zero-order valence-corrected chi connectivity index (χ0v) is 12.3. The Labute approximate surface area is 127 Å². The summed E-state index contributed by atoms with van der Waals surface area (Å²) in [4.78, 5) is 23.1. The fourth-order valence-corrected chi connectivity index (χ4v) is 1.86. The summed E-state index contributed by atoms with van der Waals surface area (Å²) < 4.78 is 5.58. The summed E-state index contributed by atoms with van der Waals surface area (Å²) >= 11 is 0. The lowest BCUT2D eigenvalue weighted by Gasteiger charge is -2.07. The molecule has 0 fully saturated rings. The Balaban J connectivity index is 2.21. The molecule has 0 aliphatic rings. The van der Waals surface area contributed by atoms with E-state index in [1.54, 1.807) is 0 Å². The maximum atomic E-state index is 11.5. The number of carbonyl (C=O) groups is 1. The predicted molar refractivity (Wildman–Crippen MR) is 82.4 cm³/mol. The third kappa shape index (κ3) is 3.70. The SMILES string of the molecule is CCCCOc1ccc(-c2cc(C(=O)NN)c(=O)[nH]n2)cc1. The highest BCUT2D eigenvalue weighted by Crippen LogP contribution is 2.20. The normalized spacial score (nSPS) is 10.3. The number of carbonyl (C=O) groups excluding carboxylic acids is 1. The number of rotatable bonds is 6. The second-order valence-electron chi connectivity index (χ2n) is 4.70. The van der Waals surface area contributed by atoms with Crippen LogP contribution in [0.3, 0.4) is 0 Å². The Morgan fingerprint density at radius 3 is 2.73 bits per heavy atom. The van der Waals surface area contributed by atoms with Gasteiger partial charge in [0.25, 0.3) is 11.5 Å². The van der Waals surface area contributed by atoms with E-state index >= 15 is 0 Å². The molecule has 0 unspecified atom stereocenters. The predicted octanol–water partition coefficient (Wildman–Crippen LogP) is 1.22. The molecule has 7 nitrogen and oxygen atoms in total. The molecule has 22 heavy (non-hydrogen) atoms. The van der Waals surface area contributed by atoms with E-state index in [-0.39, 0.29) is 5.56 Å². The Hall–Kier alpha value is -2.67. The zero-order chi connectivity index (χ0) is 15.9. The molecule has 1 aromatic heterocycles. The third-order valence-electron chi connectivity index (χ3n) is 3.10. The number of aromatic amines is 1. The fraction of sp³-hybridized carbons (Fsp3) is 0.267. The first-order chi connectivity index (χ1) is 10.7. The van der Waals surface area contributed by atoms with Crippen LogP contribution < -0.4 is 21.6 Å². The van der Waals surface area contributed by atoms with Gasteiger partial charge in [0.2, 0.25) is 0 Å². The summed E-state index contributed by atoms with van der Waals surface area (Å²) in [7, 11) is 0. The van der Waals surface area contributed by atoms with E-state index in [1.807, 2.05) is 29.7 Å². The molecule has 1 amide bonds. The number of hydrogen-bond donors (Lipinski definition) is 3. The summed E-state index contributed by atoms with van der Waals surface area (Å²) in [6, 6.07) is 8.66. The molecule has 0 saturated carbocycles. The Bertz CT molecular complexity index is 695. The van der Waals surface area contributed by atoms with Gasteiger partial charge in [0.1, 0.15) is 11.3 Å². The Morgan fingerprint density at radius 2 is 2.09 bits per heavy atom. The number of unbranched alkanes of at least 4 members (excludes halogenated alkanes) is 1. The Morgan fingerprint density at radius 1 is 1.36 bits per heavy atom. The second kappa shape index (κ2) is 7.37. The molecule has 2 aromatic rings. The van der Waals surface area contributed by atoms with Gasteiger partial charge in [-0.3, -0.25) is 15.0 Å². The van der Waals surface area contributed by atoms with Gasteiger partial charge in [-0.25, -0.2) is 10.9 Å². The first kappa shape index (κ1) is 15.7. The Kier molecular flexibility index (Phi) is 5.26. The topological polar surface area (TPSA) is 110 Å². The number of nitrogens with two attached hydrogens (primary N) is 1. The molecular formula is C15H18N4O3. The second-order valence-corrected chi connectivity index (χ2v) is 4.70. The van der Waals surface area contributed by atoms with Gasteiger partial charge in [0.05, 0.1) is 12.3 Å². The molecule has 0 bridgehead atoms. The minimum absolute atomic E-state index is 0.0872. The van der Waals surface area contributed by atoms with Gasteiger partial charge in [0.15, 0.2) is 0 Å². The van der Waals surface area contributed by atoms with Crippen molar-refractivity contribution in [2.45, 2.75) is 19.8 Å². The highest BCUT2D eigenvalue weighted by atomic mass is 16.5. The molecule has 116 valence electrons. The van der Waals surface area contributed by atoms with Crippen molar-refractivity contribution in [1.82, 2.24) is 15.6 Å². The molecular weight excluding hydrogens is 284 g/mol. The average Bonchev–Trinajstić information content (AvgIpc) is 2.55. The van der Waals surface area contributed by atoms with Crippen LogP contribution in [0.5, 0.6) is 5.75 Å². The van der Waals surface area contributed by atoms with Crippen molar-refractivity contribution < 1.29 is 9.53 Å². The van der Waals surface area contributed by atoms with Crippen LogP contribution in [0.2, 0.25) is 0 Å². The van der Waals surface area contributed by atoms with Gasteiger partial charge in [-0.15, -0.1) is 0 Å². The largest absolute Gasteiger partial charge is 0.494 e. The van der Waals surface area contributed by atoms with Crippen molar-refractivity contribution in [3.8, 4) is 17.0 Å². The van der Waals surface area contributed by atoms with E-state index in [9.17, 15) is 9.59 Å². The minimum Gasteiger partial charge on any atom is -0.494 e. The molecule has 0 atom stereocenters. The molecule has 7 heteroatoms. The summed E-state index contributed by atoms with van der Waals surface area (Å²) in [6.07, 6.45) is 2.08. The molecule has 0 spiro atoms. The van der Waals surface area contributed by atoms with Crippen LogP contribution in [-0.2, 0) is 0 Å². The summed E-state index contributed by atoms with van der Waals surface area (Å²) in [6.45, 7) is 2.77. The molecule has 1 heterocycles. The number of aromatic nitrogens is 2. The maximum absolute atomic E-state index is 11.5. The number of hydrazine groups is 1. The van der Waals surface area contributed by atoms with E-state index in [0.717, 1.165) is 24.2 Å². The molecule has 4 N–H and O–H groups in total. The fourth-order valence-electron chi connectivity index (χ4n) is 1.86. The monoisotopic (exact) mass is 302 g/mol. The number of benzene rings is 1. The van der Waals surface area contributed by atoms with Crippen LogP contribution in [0.4, 0.5) is 0 Å². The van der Waals surface area contributed by atoms with Crippen molar-refractivity contribution in [3.63, 3.8) is 0 Å². The molecule has 1 aromatic carbocycles. The number of nitrogens with one attached hydrogen (secondary N) is 2. The van der Waals surface area contributed by atoms with Crippen molar-refractivity contribution in [1.29, 1.82) is 0 Å². The van der Waals surface area contributed by atoms with Crippen molar-refractivity contribution in [2.75, 3.05) is 6.61 Å². The van der Waals surface area contributed by atoms with Gasteiger partial charge in [-0.1, -0.05) is 13.3 Å². The lowest BCUT2D eigenvalue weighted by Crippen LogP contribution is -2.34. The number of amides is 1. The van der Waals surface area contributed by atoms with Crippen molar-refractivity contribution in [3.05, 3.63) is 46.2 Å². The van der Waals surface area contributed by atoms with Gasteiger partial charge < -0.3 is 4.74 Å². The number of H-pyrrole nitrogens is 1. The quantitative estimate of drug-likeness (QED) is 0.321. The third-order valence-corrected chi connectivity index (χ3v) is 3.10. The van der Waals surface area contributed by atoms with E-state index in [2.05, 4.69) is 17.1 Å². The number of nitrogen functional groups attached to an aromatic ring is 1. The summed E-state index contributed by atoms with van der Waals surface area (Å²) in [5.41, 5.74) is 2.48. The highest BCUT2D eigenvalue weighted by Gasteiger charge is 2.11. The average molecular weight is 302 g/mol. The van der Waals surface area contributed by atoms with Crippen LogP contribution in [0.15, 0.2) is 35.1 Å². The lowest BCUT2D eigenvalue weighted by molar-refractivity contribution is 0.0952. The molecule has 2 rings (SSSR count). The van der Waals surface area contributed by atoms with Gasteiger partial charge in [-0.2, -0.15) is 5.10 Å². The first-order valence-electron chi connectivity index (χ1n) is 6.99.